The Morgan fingerprint density at radius 1 is 1.13 bits per heavy atom. The first-order valence-corrected chi connectivity index (χ1v) is 10.2. The topological polar surface area (TPSA) is 82.6 Å². The third kappa shape index (κ3) is 3.80. The van der Waals surface area contributed by atoms with Crippen molar-refractivity contribution in [3.05, 3.63) is 60.4 Å². The second-order valence-corrected chi connectivity index (χ2v) is 7.41. The lowest BCUT2D eigenvalue weighted by Crippen LogP contribution is -2.20. The summed E-state index contributed by atoms with van der Waals surface area (Å²) in [5, 5.41) is 3.40. The van der Waals surface area contributed by atoms with Crippen LogP contribution in [0, 0.1) is 5.82 Å². The van der Waals surface area contributed by atoms with Crippen LogP contribution < -0.4 is 10.2 Å². The molecule has 5 heterocycles. The fourth-order valence-electron chi connectivity index (χ4n) is 3.82. The van der Waals surface area contributed by atoms with Crippen LogP contribution in [0.1, 0.15) is 18.4 Å². The Morgan fingerprint density at radius 3 is 2.90 bits per heavy atom. The van der Waals surface area contributed by atoms with E-state index in [2.05, 4.69) is 35.1 Å². The molecule has 0 bridgehead atoms. The van der Waals surface area contributed by atoms with Gasteiger partial charge in [-0.3, -0.25) is 9.97 Å². The van der Waals surface area contributed by atoms with Gasteiger partial charge in [-0.2, -0.15) is 0 Å². The zero-order chi connectivity index (χ0) is 20.3. The van der Waals surface area contributed by atoms with E-state index in [0.29, 0.717) is 17.9 Å². The van der Waals surface area contributed by atoms with Crippen molar-refractivity contribution in [3.63, 3.8) is 0 Å². The second-order valence-electron chi connectivity index (χ2n) is 7.41. The molecule has 1 saturated heterocycles. The molecule has 0 unspecified atom stereocenters. The lowest BCUT2D eigenvalue weighted by Gasteiger charge is -2.18. The Labute approximate surface area is 173 Å². The van der Waals surface area contributed by atoms with E-state index in [1.807, 2.05) is 24.4 Å². The number of nitrogens with zero attached hydrogens (tertiary/aromatic N) is 5. The summed E-state index contributed by atoms with van der Waals surface area (Å²) in [4.78, 5) is 23.2. The highest BCUT2D eigenvalue weighted by Gasteiger charge is 2.17. The van der Waals surface area contributed by atoms with Crippen molar-refractivity contribution >= 4 is 22.7 Å². The van der Waals surface area contributed by atoms with Crippen molar-refractivity contribution in [3.8, 4) is 11.4 Å². The predicted molar refractivity (Wildman–Crippen MR) is 115 cm³/mol. The van der Waals surface area contributed by atoms with Crippen LogP contribution in [-0.4, -0.2) is 44.6 Å². The lowest BCUT2D eigenvalue weighted by molar-refractivity contribution is 0.622. The first-order valence-electron chi connectivity index (χ1n) is 10.2. The van der Waals surface area contributed by atoms with Crippen molar-refractivity contribution in [2.45, 2.75) is 19.3 Å². The average molecular weight is 403 g/mol. The summed E-state index contributed by atoms with van der Waals surface area (Å²) in [6.45, 7) is 2.64. The van der Waals surface area contributed by atoms with Crippen molar-refractivity contribution in [1.29, 1.82) is 0 Å². The van der Waals surface area contributed by atoms with Crippen molar-refractivity contribution in [2.24, 2.45) is 0 Å². The zero-order valence-electron chi connectivity index (χ0n) is 16.5. The molecule has 0 aliphatic carbocycles. The van der Waals surface area contributed by atoms with E-state index in [4.69, 9.17) is 0 Å². The molecule has 0 amide bonds. The van der Waals surface area contributed by atoms with Gasteiger partial charge in [0.1, 0.15) is 17.5 Å². The maximum Gasteiger partial charge on any atom is 0.165 e. The number of H-pyrrole nitrogens is 1. The molecule has 5 rings (SSSR count). The molecule has 30 heavy (non-hydrogen) atoms. The maximum absolute atomic E-state index is 13.7. The number of rotatable bonds is 6. The Kier molecular flexibility index (Phi) is 4.96. The molecule has 4 aromatic heterocycles. The number of hydrogen-bond acceptors (Lipinski definition) is 6. The molecule has 0 aromatic carbocycles. The number of aromatic nitrogens is 5. The van der Waals surface area contributed by atoms with Gasteiger partial charge in [-0.05, 0) is 43.0 Å². The van der Waals surface area contributed by atoms with Crippen LogP contribution in [0.25, 0.3) is 22.4 Å². The largest absolute Gasteiger partial charge is 0.370 e. The zero-order valence-corrected chi connectivity index (χ0v) is 16.5. The summed E-state index contributed by atoms with van der Waals surface area (Å²) in [5.74, 6) is 1.66. The third-order valence-corrected chi connectivity index (χ3v) is 5.32. The van der Waals surface area contributed by atoms with Crippen LogP contribution in [0.15, 0.2) is 49.1 Å². The van der Waals surface area contributed by atoms with Crippen molar-refractivity contribution in [1.82, 2.24) is 24.9 Å². The Balaban J connectivity index is 1.39. The lowest BCUT2D eigenvalue weighted by atomic mass is 10.2. The number of anilines is 2. The molecule has 152 valence electrons. The van der Waals surface area contributed by atoms with Gasteiger partial charge in [-0.25, -0.2) is 14.4 Å². The number of nitrogens with one attached hydrogen (secondary N) is 2. The number of halogens is 1. The molecule has 0 saturated carbocycles. The third-order valence-electron chi connectivity index (χ3n) is 5.32. The molecule has 0 atom stereocenters. The van der Waals surface area contributed by atoms with Crippen LogP contribution in [0.5, 0.6) is 0 Å². The van der Waals surface area contributed by atoms with E-state index in [1.165, 1.54) is 12.3 Å². The summed E-state index contributed by atoms with van der Waals surface area (Å²) in [6.07, 6.45) is 9.68. The molecular weight excluding hydrogens is 381 g/mol. The smallest absolute Gasteiger partial charge is 0.165 e. The molecule has 4 aromatic rings. The van der Waals surface area contributed by atoms with E-state index in [9.17, 15) is 4.39 Å². The maximum atomic E-state index is 13.7. The molecule has 2 N–H and O–H groups in total. The van der Waals surface area contributed by atoms with E-state index in [1.54, 1.807) is 12.4 Å². The quantitative estimate of drug-likeness (QED) is 0.509. The molecule has 1 aliphatic rings. The first kappa shape index (κ1) is 18.5. The van der Waals surface area contributed by atoms with E-state index < -0.39 is 5.82 Å². The number of hydrogen-bond donors (Lipinski definition) is 2. The summed E-state index contributed by atoms with van der Waals surface area (Å²) < 4.78 is 13.7. The minimum absolute atomic E-state index is 0.399. The van der Waals surface area contributed by atoms with Crippen molar-refractivity contribution in [2.75, 3.05) is 29.9 Å². The normalized spacial score (nSPS) is 13.8. The van der Waals surface area contributed by atoms with Gasteiger partial charge >= 0.3 is 0 Å². The van der Waals surface area contributed by atoms with Gasteiger partial charge in [-0.1, -0.05) is 0 Å². The molecule has 1 aliphatic heterocycles. The van der Waals surface area contributed by atoms with Crippen LogP contribution in [0.3, 0.4) is 0 Å². The second kappa shape index (κ2) is 8.06. The fraction of sp³-hybridized carbons (Fsp3) is 0.273. The van der Waals surface area contributed by atoms with Gasteiger partial charge in [0.15, 0.2) is 5.82 Å². The molecule has 0 spiro atoms. The Morgan fingerprint density at radius 2 is 2.03 bits per heavy atom. The van der Waals surface area contributed by atoms with Crippen LogP contribution >= 0.6 is 0 Å². The predicted octanol–water partition coefficient (Wildman–Crippen LogP) is 3.81. The van der Waals surface area contributed by atoms with E-state index >= 15 is 0 Å². The monoisotopic (exact) mass is 403 g/mol. The summed E-state index contributed by atoms with van der Waals surface area (Å²) in [5.41, 5.74) is 3.75. The van der Waals surface area contributed by atoms with Crippen LogP contribution in [0.4, 0.5) is 16.0 Å². The summed E-state index contributed by atoms with van der Waals surface area (Å²) in [6, 6.07) is 7.32. The Bertz CT molecular complexity index is 1170. The molecule has 1 fully saturated rings. The number of pyridine rings is 2. The molecular formula is C22H22FN7. The highest BCUT2D eigenvalue weighted by molar-refractivity contribution is 5.78. The fourth-order valence-corrected chi connectivity index (χ4v) is 3.82. The van der Waals surface area contributed by atoms with Crippen LogP contribution in [0.2, 0.25) is 0 Å². The number of fused-ring (bicyclic) bond motifs is 1. The SMILES string of the molecule is Fc1cncc(-c2nc(NCCc3c[nH]c4cccnc34)cc(N3CCCC3)n2)c1. The van der Waals surface area contributed by atoms with Gasteiger partial charge in [-0.15, -0.1) is 0 Å². The molecule has 0 radical (unpaired) electrons. The standard InChI is InChI=1S/C22H22FN7/c23-17-10-16(12-24-14-17)22-28-19(11-20(29-22)30-8-1-2-9-30)25-7-5-15-13-27-18-4-3-6-26-21(15)18/h3-4,6,10-14,27H,1-2,5,7-9H2,(H,25,28,29). The van der Waals surface area contributed by atoms with E-state index in [-0.39, 0.29) is 0 Å². The molecule has 8 heteroatoms. The van der Waals surface area contributed by atoms with Gasteiger partial charge in [0.05, 0.1) is 17.2 Å². The molecule has 7 nitrogen and oxygen atoms in total. The Hall–Kier alpha value is -3.55. The highest BCUT2D eigenvalue weighted by Crippen LogP contribution is 2.25. The van der Waals surface area contributed by atoms with Gasteiger partial charge in [0.25, 0.3) is 0 Å². The van der Waals surface area contributed by atoms with Crippen molar-refractivity contribution < 1.29 is 4.39 Å². The summed E-state index contributed by atoms with van der Waals surface area (Å²) in [7, 11) is 0. The minimum atomic E-state index is -0.399. The van der Waals surface area contributed by atoms with Gasteiger partial charge in [0, 0.05) is 49.9 Å². The van der Waals surface area contributed by atoms with Crippen LogP contribution in [-0.2, 0) is 6.42 Å². The van der Waals surface area contributed by atoms with Gasteiger partial charge in [0.2, 0.25) is 0 Å². The van der Waals surface area contributed by atoms with E-state index in [0.717, 1.165) is 60.6 Å². The average Bonchev–Trinajstić information content (AvgIpc) is 3.44. The first-order chi connectivity index (χ1) is 14.8. The highest BCUT2D eigenvalue weighted by atomic mass is 19.1. The summed E-state index contributed by atoms with van der Waals surface area (Å²) >= 11 is 0. The number of aromatic amines is 1. The van der Waals surface area contributed by atoms with Gasteiger partial charge < -0.3 is 15.2 Å². The minimum Gasteiger partial charge on any atom is -0.370 e.